The highest BCUT2D eigenvalue weighted by atomic mass is 16.5. The molecule has 0 saturated carbocycles. The second-order valence-corrected chi connectivity index (χ2v) is 6.99. The van der Waals surface area contributed by atoms with Crippen LogP contribution in [0.3, 0.4) is 0 Å². The van der Waals surface area contributed by atoms with Crippen LogP contribution in [0.2, 0.25) is 0 Å². The van der Waals surface area contributed by atoms with Crippen molar-refractivity contribution in [3.8, 4) is 11.1 Å². The average Bonchev–Trinajstić information content (AvgIpc) is 3.00. The molecule has 1 amide bonds. The number of amides is 1. The van der Waals surface area contributed by atoms with Crippen molar-refractivity contribution in [2.24, 2.45) is 5.92 Å². The number of carboxylic acids is 1. The molecule has 2 N–H and O–H groups in total. The molecule has 0 spiro atoms. The summed E-state index contributed by atoms with van der Waals surface area (Å²) in [5.74, 6) is -1.07. The highest BCUT2D eigenvalue weighted by Gasteiger charge is 2.28. The number of alkyl carbamates (subject to hydrolysis) is 1. The Morgan fingerprint density at radius 3 is 2.22 bits per heavy atom. The Hall–Kier alpha value is -2.82. The zero-order valence-corrected chi connectivity index (χ0v) is 15.5. The third-order valence-electron chi connectivity index (χ3n) is 5.10. The summed E-state index contributed by atoms with van der Waals surface area (Å²) in [6.07, 6.45) is 1.68. The van der Waals surface area contributed by atoms with Crippen molar-refractivity contribution in [3.05, 3.63) is 59.7 Å². The number of hydrogen-bond acceptors (Lipinski definition) is 3. The van der Waals surface area contributed by atoms with Crippen molar-refractivity contribution in [1.82, 2.24) is 5.32 Å². The van der Waals surface area contributed by atoms with Gasteiger partial charge < -0.3 is 15.2 Å². The van der Waals surface area contributed by atoms with E-state index < -0.39 is 12.1 Å². The first-order valence-electron chi connectivity index (χ1n) is 9.39. The lowest BCUT2D eigenvalue weighted by atomic mass is 9.98. The van der Waals surface area contributed by atoms with E-state index in [1.165, 1.54) is 22.3 Å². The summed E-state index contributed by atoms with van der Waals surface area (Å²) in [5, 5.41) is 11.6. The molecule has 0 unspecified atom stereocenters. The number of aliphatic carboxylic acids is 1. The fourth-order valence-electron chi connectivity index (χ4n) is 3.54. The number of carboxylic acid groups (broad SMARTS) is 1. The predicted molar refractivity (Wildman–Crippen MR) is 104 cm³/mol. The van der Waals surface area contributed by atoms with Crippen molar-refractivity contribution in [1.29, 1.82) is 0 Å². The lowest BCUT2D eigenvalue weighted by Gasteiger charge is -2.14. The Balaban J connectivity index is 1.48. The molecule has 3 rings (SSSR count). The third-order valence-corrected chi connectivity index (χ3v) is 5.10. The molecule has 2 aromatic rings. The minimum atomic E-state index is -0.778. The molecule has 5 nitrogen and oxygen atoms in total. The van der Waals surface area contributed by atoms with E-state index in [4.69, 9.17) is 9.84 Å². The molecule has 0 radical (unpaired) electrons. The molecule has 0 aromatic heterocycles. The number of rotatable bonds is 8. The fourth-order valence-corrected chi connectivity index (χ4v) is 3.54. The van der Waals surface area contributed by atoms with Crippen LogP contribution in [0, 0.1) is 5.92 Å². The third kappa shape index (κ3) is 4.48. The van der Waals surface area contributed by atoms with E-state index in [-0.39, 0.29) is 11.8 Å². The van der Waals surface area contributed by atoms with Gasteiger partial charge in [-0.3, -0.25) is 4.79 Å². The van der Waals surface area contributed by atoms with Gasteiger partial charge in [-0.1, -0.05) is 61.9 Å². The van der Waals surface area contributed by atoms with Crippen molar-refractivity contribution in [3.63, 3.8) is 0 Å². The minimum absolute atomic E-state index is 0.0552. The first-order chi connectivity index (χ1) is 13.1. The molecular weight excluding hydrogens is 342 g/mol. The molecule has 5 heteroatoms. The van der Waals surface area contributed by atoms with E-state index >= 15 is 0 Å². The van der Waals surface area contributed by atoms with Gasteiger partial charge in [-0.2, -0.15) is 0 Å². The molecule has 0 aliphatic heterocycles. The normalized spacial score (nSPS) is 13.5. The highest BCUT2D eigenvalue weighted by Crippen LogP contribution is 2.44. The molecule has 0 saturated heterocycles. The monoisotopic (exact) mass is 367 g/mol. The van der Waals surface area contributed by atoms with Crippen LogP contribution in [0.1, 0.15) is 43.2 Å². The second kappa shape index (κ2) is 8.71. The highest BCUT2D eigenvalue weighted by molar-refractivity contribution is 5.79. The van der Waals surface area contributed by atoms with Crippen LogP contribution in [0.25, 0.3) is 11.1 Å². The quantitative estimate of drug-likeness (QED) is 0.678. The summed E-state index contributed by atoms with van der Waals surface area (Å²) in [6.45, 7) is 2.49. The van der Waals surface area contributed by atoms with Crippen molar-refractivity contribution >= 4 is 12.1 Å². The van der Waals surface area contributed by atoms with Crippen molar-refractivity contribution < 1.29 is 19.4 Å². The number of hydrogen-bond donors (Lipinski definition) is 2. The number of nitrogens with one attached hydrogen (secondary N) is 1. The van der Waals surface area contributed by atoms with E-state index in [1.807, 2.05) is 24.3 Å². The topological polar surface area (TPSA) is 75.6 Å². The fraction of sp³-hybridized carbons (Fsp3) is 0.364. The summed E-state index contributed by atoms with van der Waals surface area (Å²) in [7, 11) is 0. The molecule has 2 aromatic carbocycles. The smallest absolute Gasteiger partial charge is 0.407 e. The average molecular weight is 367 g/mol. The lowest BCUT2D eigenvalue weighted by molar-refractivity contribution is -0.141. The maximum absolute atomic E-state index is 12.0. The lowest BCUT2D eigenvalue weighted by Crippen LogP contribution is -2.27. The van der Waals surface area contributed by atoms with Gasteiger partial charge >= 0.3 is 12.1 Å². The van der Waals surface area contributed by atoms with Gasteiger partial charge in [0.25, 0.3) is 0 Å². The van der Waals surface area contributed by atoms with Gasteiger partial charge in [0.15, 0.2) is 0 Å². The van der Waals surface area contributed by atoms with Crippen LogP contribution in [0.4, 0.5) is 4.79 Å². The van der Waals surface area contributed by atoms with Crippen LogP contribution < -0.4 is 5.32 Å². The number of fused-ring (bicyclic) bond motifs is 3. The van der Waals surface area contributed by atoms with Crippen LogP contribution in [0.5, 0.6) is 0 Å². The van der Waals surface area contributed by atoms with E-state index in [1.54, 1.807) is 6.92 Å². The zero-order chi connectivity index (χ0) is 19.2. The van der Waals surface area contributed by atoms with Gasteiger partial charge in [-0.05, 0) is 35.1 Å². The van der Waals surface area contributed by atoms with E-state index in [0.29, 0.717) is 19.6 Å². The molecule has 0 bridgehead atoms. The van der Waals surface area contributed by atoms with Crippen LogP contribution in [0.15, 0.2) is 48.5 Å². The van der Waals surface area contributed by atoms with Gasteiger partial charge in [0, 0.05) is 12.5 Å². The summed E-state index contributed by atoms with van der Waals surface area (Å²) in [6, 6.07) is 16.5. The summed E-state index contributed by atoms with van der Waals surface area (Å²) in [4.78, 5) is 22.8. The van der Waals surface area contributed by atoms with Crippen LogP contribution in [-0.2, 0) is 9.53 Å². The molecule has 0 heterocycles. The van der Waals surface area contributed by atoms with Gasteiger partial charge in [0.1, 0.15) is 6.61 Å². The standard InChI is InChI=1S/C22H25NO4/c1-15(21(24)25)8-6-7-13-23-22(26)27-14-20-18-11-4-2-9-16(18)17-10-3-5-12-19(17)20/h2-5,9-12,15,20H,6-8,13-14H2,1H3,(H,23,26)(H,24,25)/t15-/m0/s1. The summed E-state index contributed by atoms with van der Waals surface area (Å²) in [5.41, 5.74) is 4.78. The molecule has 1 aliphatic rings. The number of benzene rings is 2. The zero-order valence-electron chi connectivity index (χ0n) is 15.5. The molecule has 0 fully saturated rings. The molecular formula is C22H25NO4. The number of unbranched alkanes of at least 4 members (excludes halogenated alkanes) is 1. The van der Waals surface area contributed by atoms with Gasteiger partial charge in [-0.25, -0.2) is 4.79 Å². The number of ether oxygens (including phenoxy) is 1. The Morgan fingerprint density at radius 2 is 1.63 bits per heavy atom. The maximum Gasteiger partial charge on any atom is 0.407 e. The predicted octanol–water partition coefficient (Wildman–Crippen LogP) is 4.42. The molecule has 27 heavy (non-hydrogen) atoms. The van der Waals surface area contributed by atoms with E-state index in [2.05, 4.69) is 29.6 Å². The Labute approximate surface area is 159 Å². The largest absolute Gasteiger partial charge is 0.481 e. The molecule has 1 atom stereocenters. The Morgan fingerprint density at radius 1 is 1.04 bits per heavy atom. The van der Waals surface area contributed by atoms with Gasteiger partial charge in [0.05, 0.1) is 5.92 Å². The first kappa shape index (κ1) is 19.0. The van der Waals surface area contributed by atoms with Crippen molar-refractivity contribution in [2.75, 3.05) is 13.2 Å². The summed E-state index contributed by atoms with van der Waals surface area (Å²) >= 11 is 0. The van der Waals surface area contributed by atoms with Gasteiger partial charge in [-0.15, -0.1) is 0 Å². The maximum atomic E-state index is 12.0. The first-order valence-corrected chi connectivity index (χ1v) is 9.39. The SMILES string of the molecule is C[C@@H](CCCCNC(=O)OCC1c2ccccc2-c2ccccc21)C(=O)O. The number of carbonyl (C=O) groups is 2. The van der Waals surface area contributed by atoms with E-state index in [0.717, 1.165) is 12.8 Å². The van der Waals surface area contributed by atoms with Gasteiger partial charge in [0.2, 0.25) is 0 Å². The number of carbonyl (C=O) groups excluding carboxylic acids is 1. The molecule has 142 valence electrons. The van der Waals surface area contributed by atoms with Crippen LogP contribution >= 0.6 is 0 Å². The Kier molecular flexibility index (Phi) is 6.12. The minimum Gasteiger partial charge on any atom is -0.481 e. The second-order valence-electron chi connectivity index (χ2n) is 6.99. The molecule has 1 aliphatic carbocycles. The summed E-state index contributed by atoms with van der Waals surface area (Å²) < 4.78 is 5.46. The van der Waals surface area contributed by atoms with Crippen molar-refractivity contribution in [2.45, 2.75) is 32.1 Å². The van der Waals surface area contributed by atoms with Crippen LogP contribution in [-0.4, -0.2) is 30.3 Å². The van der Waals surface area contributed by atoms with E-state index in [9.17, 15) is 9.59 Å². The Bertz CT molecular complexity index is 772.